The quantitative estimate of drug-likeness (QED) is 0.883. The maximum Gasteiger partial charge on any atom is 0.159 e. The van der Waals surface area contributed by atoms with Crippen molar-refractivity contribution in [2.75, 3.05) is 5.32 Å². The topological polar surface area (TPSA) is 48.7 Å². The largest absolute Gasteiger partial charge is 0.338 e. The van der Waals surface area contributed by atoms with E-state index in [9.17, 15) is 0 Å². The molecule has 3 nitrogen and oxygen atoms in total. The van der Waals surface area contributed by atoms with E-state index in [0.29, 0.717) is 15.7 Å². The van der Waals surface area contributed by atoms with Crippen molar-refractivity contribution in [1.82, 2.24) is 4.98 Å². The van der Waals surface area contributed by atoms with Crippen LogP contribution in [0.25, 0.3) is 0 Å². The zero-order valence-electron chi connectivity index (χ0n) is 8.49. The van der Waals surface area contributed by atoms with Crippen molar-refractivity contribution in [3.63, 3.8) is 0 Å². The van der Waals surface area contributed by atoms with E-state index in [2.05, 4.69) is 16.4 Å². The molecule has 0 amide bonds. The molecule has 0 aliphatic carbocycles. The molecule has 0 radical (unpaired) electrons. The van der Waals surface area contributed by atoms with Crippen LogP contribution in [-0.4, -0.2) is 4.98 Å². The van der Waals surface area contributed by atoms with E-state index >= 15 is 0 Å². The van der Waals surface area contributed by atoms with Gasteiger partial charge in [0.05, 0.1) is 5.51 Å². The van der Waals surface area contributed by atoms with Gasteiger partial charge in [-0.1, -0.05) is 17.7 Å². The van der Waals surface area contributed by atoms with Crippen LogP contribution in [0, 0.1) is 18.3 Å². The van der Waals surface area contributed by atoms with Crippen molar-refractivity contribution in [1.29, 1.82) is 5.26 Å². The summed E-state index contributed by atoms with van der Waals surface area (Å²) >= 11 is 7.31. The van der Waals surface area contributed by atoms with Gasteiger partial charge < -0.3 is 5.32 Å². The predicted octanol–water partition coefficient (Wildman–Crippen LogP) is 3.72. The number of hydrogen-bond donors (Lipinski definition) is 1. The third kappa shape index (κ3) is 2.16. The Balaban J connectivity index is 2.28. The molecule has 0 aliphatic rings. The second kappa shape index (κ2) is 4.52. The molecule has 80 valence electrons. The number of benzene rings is 1. The molecule has 0 fully saturated rings. The third-order valence-electron chi connectivity index (χ3n) is 2.10. The fourth-order valence-corrected chi connectivity index (χ4v) is 1.93. The number of nitrogens with one attached hydrogen (secondary N) is 1. The molecule has 1 heterocycles. The minimum atomic E-state index is 0.566. The molecule has 0 saturated carbocycles. The lowest BCUT2D eigenvalue weighted by Gasteiger charge is -2.05. The Morgan fingerprint density at radius 3 is 3.00 bits per heavy atom. The standard InChI is InChI=1S/C11H8ClN3S/c1-7-2-3-8(4-9(7)12)15-11-10(5-13)16-6-14-11/h2-4,6,15H,1H3. The van der Waals surface area contributed by atoms with Gasteiger partial charge in [0, 0.05) is 10.7 Å². The molecule has 1 aromatic carbocycles. The van der Waals surface area contributed by atoms with E-state index < -0.39 is 0 Å². The number of thiazole rings is 1. The summed E-state index contributed by atoms with van der Waals surface area (Å²) in [6.07, 6.45) is 0. The third-order valence-corrected chi connectivity index (χ3v) is 3.24. The van der Waals surface area contributed by atoms with Gasteiger partial charge in [0.15, 0.2) is 5.82 Å². The van der Waals surface area contributed by atoms with Gasteiger partial charge in [0.1, 0.15) is 10.9 Å². The lowest BCUT2D eigenvalue weighted by Crippen LogP contribution is -1.92. The van der Waals surface area contributed by atoms with E-state index in [0.717, 1.165) is 11.3 Å². The number of aryl methyl sites for hydroxylation is 1. The molecular formula is C11H8ClN3S. The van der Waals surface area contributed by atoms with Crippen LogP contribution in [-0.2, 0) is 0 Å². The monoisotopic (exact) mass is 249 g/mol. The first kappa shape index (κ1) is 10.9. The smallest absolute Gasteiger partial charge is 0.159 e. The van der Waals surface area contributed by atoms with Crippen LogP contribution >= 0.6 is 22.9 Å². The zero-order chi connectivity index (χ0) is 11.5. The zero-order valence-corrected chi connectivity index (χ0v) is 10.1. The van der Waals surface area contributed by atoms with Gasteiger partial charge in [0.2, 0.25) is 0 Å². The molecule has 1 N–H and O–H groups in total. The van der Waals surface area contributed by atoms with Crippen LogP contribution < -0.4 is 5.32 Å². The van der Waals surface area contributed by atoms with Gasteiger partial charge in [0.25, 0.3) is 0 Å². The van der Waals surface area contributed by atoms with Crippen molar-refractivity contribution in [3.05, 3.63) is 39.2 Å². The molecule has 0 saturated heterocycles. The Kier molecular flexibility index (Phi) is 3.09. The second-order valence-electron chi connectivity index (χ2n) is 3.23. The highest BCUT2D eigenvalue weighted by atomic mass is 35.5. The second-order valence-corrected chi connectivity index (χ2v) is 4.49. The minimum absolute atomic E-state index is 0.566. The summed E-state index contributed by atoms with van der Waals surface area (Å²) in [5.74, 6) is 0.576. The van der Waals surface area contributed by atoms with Gasteiger partial charge in [-0.2, -0.15) is 5.26 Å². The SMILES string of the molecule is Cc1ccc(Nc2ncsc2C#N)cc1Cl. The van der Waals surface area contributed by atoms with Gasteiger partial charge in [-0.05, 0) is 24.6 Å². The number of rotatable bonds is 2. The van der Waals surface area contributed by atoms with Crippen LogP contribution in [0.5, 0.6) is 0 Å². The number of nitriles is 1. The number of hydrogen-bond acceptors (Lipinski definition) is 4. The molecule has 1 aromatic heterocycles. The van der Waals surface area contributed by atoms with Gasteiger partial charge >= 0.3 is 0 Å². The lowest BCUT2D eigenvalue weighted by atomic mass is 10.2. The van der Waals surface area contributed by atoms with Crippen LogP contribution in [0.3, 0.4) is 0 Å². The number of halogens is 1. The highest BCUT2D eigenvalue weighted by Crippen LogP contribution is 2.25. The fraction of sp³-hybridized carbons (Fsp3) is 0.0909. The molecule has 0 aliphatic heterocycles. The summed E-state index contributed by atoms with van der Waals surface area (Å²) in [5.41, 5.74) is 3.49. The van der Waals surface area contributed by atoms with Crippen molar-refractivity contribution in [2.24, 2.45) is 0 Å². The van der Waals surface area contributed by atoms with E-state index in [1.165, 1.54) is 11.3 Å². The molecule has 2 rings (SSSR count). The van der Waals surface area contributed by atoms with Crippen molar-refractivity contribution >= 4 is 34.4 Å². The molecule has 0 unspecified atom stereocenters. The number of aromatic nitrogens is 1. The average molecular weight is 250 g/mol. The molecule has 5 heteroatoms. The summed E-state index contributed by atoms with van der Waals surface area (Å²) < 4.78 is 0. The van der Waals surface area contributed by atoms with Gasteiger partial charge in [-0.15, -0.1) is 11.3 Å². The maximum absolute atomic E-state index is 8.84. The maximum atomic E-state index is 8.84. The van der Waals surface area contributed by atoms with Crippen molar-refractivity contribution in [3.8, 4) is 6.07 Å². The number of anilines is 2. The van der Waals surface area contributed by atoms with E-state index in [1.54, 1.807) is 5.51 Å². The van der Waals surface area contributed by atoms with Gasteiger partial charge in [-0.25, -0.2) is 4.98 Å². The Morgan fingerprint density at radius 1 is 1.50 bits per heavy atom. The fourth-order valence-electron chi connectivity index (χ4n) is 1.22. The normalized spacial score (nSPS) is 9.81. The summed E-state index contributed by atoms with van der Waals surface area (Å²) in [6.45, 7) is 1.94. The van der Waals surface area contributed by atoms with E-state index in [4.69, 9.17) is 16.9 Å². The average Bonchev–Trinajstić information content (AvgIpc) is 2.71. The van der Waals surface area contributed by atoms with Crippen LogP contribution in [0.15, 0.2) is 23.7 Å². The summed E-state index contributed by atoms with van der Waals surface area (Å²) in [4.78, 5) is 4.64. The summed E-state index contributed by atoms with van der Waals surface area (Å²) in [5, 5.41) is 12.6. The Hall–Kier alpha value is -1.57. The first-order valence-corrected chi connectivity index (χ1v) is 5.83. The molecule has 16 heavy (non-hydrogen) atoms. The van der Waals surface area contributed by atoms with Crippen molar-refractivity contribution in [2.45, 2.75) is 6.92 Å². The summed E-state index contributed by atoms with van der Waals surface area (Å²) in [6, 6.07) is 7.72. The van der Waals surface area contributed by atoms with Gasteiger partial charge in [-0.3, -0.25) is 0 Å². The first-order chi connectivity index (χ1) is 7.70. The highest BCUT2D eigenvalue weighted by Gasteiger charge is 2.06. The Morgan fingerprint density at radius 2 is 2.31 bits per heavy atom. The van der Waals surface area contributed by atoms with Crippen LogP contribution in [0.4, 0.5) is 11.5 Å². The lowest BCUT2D eigenvalue weighted by molar-refractivity contribution is 1.36. The van der Waals surface area contributed by atoms with Crippen molar-refractivity contribution < 1.29 is 0 Å². The van der Waals surface area contributed by atoms with Crippen LogP contribution in [0.1, 0.15) is 10.4 Å². The van der Waals surface area contributed by atoms with E-state index in [-0.39, 0.29) is 0 Å². The Bertz CT molecular complexity index is 557. The van der Waals surface area contributed by atoms with E-state index in [1.807, 2.05) is 25.1 Å². The van der Waals surface area contributed by atoms with Crippen LogP contribution in [0.2, 0.25) is 5.02 Å². The highest BCUT2D eigenvalue weighted by molar-refractivity contribution is 7.10. The molecule has 0 spiro atoms. The molecule has 0 bridgehead atoms. The molecular weight excluding hydrogens is 242 g/mol. The summed E-state index contributed by atoms with van der Waals surface area (Å²) in [7, 11) is 0. The first-order valence-electron chi connectivity index (χ1n) is 4.57. The molecule has 2 aromatic rings. The molecule has 0 atom stereocenters. The predicted molar refractivity (Wildman–Crippen MR) is 66.3 cm³/mol. The Labute approximate surface area is 102 Å². The minimum Gasteiger partial charge on any atom is -0.338 e. The number of nitrogens with zero attached hydrogens (tertiary/aromatic N) is 2.